The molecule has 0 N–H and O–H groups in total. The topological polar surface area (TPSA) is 38.9 Å². The third-order valence-corrected chi connectivity index (χ3v) is 5.78. The molecule has 4 aromatic carbocycles. The zero-order valence-corrected chi connectivity index (χ0v) is 17.6. The molecule has 0 saturated heterocycles. The van der Waals surface area contributed by atoms with Crippen molar-refractivity contribution in [2.75, 3.05) is 0 Å². The van der Waals surface area contributed by atoms with Crippen LogP contribution in [0.5, 0.6) is 0 Å². The first-order valence-electron chi connectivity index (χ1n) is 10.7. The minimum atomic E-state index is 0.726. The van der Waals surface area contributed by atoms with Gasteiger partial charge in [0, 0.05) is 27.6 Å². The lowest BCUT2D eigenvalue weighted by atomic mass is 9.99. The van der Waals surface area contributed by atoms with E-state index in [-0.39, 0.29) is 0 Å². The maximum atomic E-state index is 6.09. The zero-order chi connectivity index (χ0) is 21.5. The summed E-state index contributed by atoms with van der Waals surface area (Å²) in [6, 6.07) is 35.1. The Morgan fingerprint density at radius 2 is 1.28 bits per heavy atom. The van der Waals surface area contributed by atoms with Gasteiger partial charge in [0.1, 0.15) is 11.2 Å². The van der Waals surface area contributed by atoms with Gasteiger partial charge in [-0.1, -0.05) is 78.9 Å². The van der Waals surface area contributed by atoms with E-state index in [1.807, 2.05) is 43.3 Å². The van der Waals surface area contributed by atoms with Crippen molar-refractivity contribution in [3.05, 3.63) is 109 Å². The number of rotatable bonds is 3. The fraction of sp³-hybridized carbons (Fsp3) is 0.0345. The van der Waals surface area contributed by atoms with E-state index in [0.717, 1.165) is 61.4 Å². The van der Waals surface area contributed by atoms with E-state index in [1.54, 1.807) is 0 Å². The number of benzene rings is 4. The monoisotopic (exact) mass is 412 g/mol. The number of aromatic nitrogens is 2. The van der Waals surface area contributed by atoms with Gasteiger partial charge in [-0.25, -0.2) is 9.97 Å². The maximum Gasteiger partial charge on any atom is 0.160 e. The summed E-state index contributed by atoms with van der Waals surface area (Å²) in [5.74, 6) is 0.726. The summed E-state index contributed by atoms with van der Waals surface area (Å²) < 4.78 is 6.09. The number of nitrogens with zero attached hydrogens (tertiary/aromatic N) is 2. The molecule has 6 aromatic rings. The Hall–Kier alpha value is -4.24. The summed E-state index contributed by atoms with van der Waals surface area (Å²) in [4.78, 5) is 9.75. The third kappa shape index (κ3) is 3.15. The third-order valence-electron chi connectivity index (χ3n) is 5.78. The number of para-hydroxylation sites is 1. The minimum Gasteiger partial charge on any atom is -0.456 e. The van der Waals surface area contributed by atoms with E-state index >= 15 is 0 Å². The standard InChI is InChI=1S/C29H20N2O/c1-19-17-26(21-15-16-24-23-12-7-8-14-27(23)32-28(24)18-21)31-29(30-19)25-13-6-5-11-22(25)20-9-3-2-4-10-20/h2-18H,1H3. The van der Waals surface area contributed by atoms with Crippen molar-refractivity contribution in [1.29, 1.82) is 0 Å². The molecule has 0 amide bonds. The van der Waals surface area contributed by atoms with E-state index in [9.17, 15) is 0 Å². The highest BCUT2D eigenvalue weighted by atomic mass is 16.3. The average molecular weight is 412 g/mol. The zero-order valence-electron chi connectivity index (χ0n) is 17.6. The van der Waals surface area contributed by atoms with Crippen molar-refractivity contribution in [1.82, 2.24) is 9.97 Å². The van der Waals surface area contributed by atoms with Gasteiger partial charge in [-0.05, 0) is 42.3 Å². The minimum absolute atomic E-state index is 0.726. The first kappa shape index (κ1) is 18.5. The van der Waals surface area contributed by atoms with Crippen LogP contribution in [0.15, 0.2) is 108 Å². The molecule has 0 bridgehead atoms. The predicted molar refractivity (Wildman–Crippen MR) is 130 cm³/mol. The summed E-state index contributed by atoms with van der Waals surface area (Å²) >= 11 is 0. The van der Waals surface area contributed by atoms with Crippen LogP contribution in [0.3, 0.4) is 0 Å². The summed E-state index contributed by atoms with van der Waals surface area (Å²) in [5.41, 5.74) is 7.89. The maximum absolute atomic E-state index is 6.09. The van der Waals surface area contributed by atoms with Crippen LogP contribution in [0.25, 0.3) is 55.7 Å². The fourth-order valence-electron chi connectivity index (χ4n) is 4.27. The van der Waals surface area contributed by atoms with Gasteiger partial charge in [0.15, 0.2) is 5.82 Å². The summed E-state index contributed by atoms with van der Waals surface area (Å²) in [6.07, 6.45) is 0. The number of aryl methyl sites for hydroxylation is 1. The molecule has 0 radical (unpaired) electrons. The molecule has 0 saturated carbocycles. The van der Waals surface area contributed by atoms with Gasteiger partial charge in [0.25, 0.3) is 0 Å². The van der Waals surface area contributed by atoms with Crippen LogP contribution in [0.1, 0.15) is 5.69 Å². The molecule has 3 heteroatoms. The van der Waals surface area contributed by atoms with Crippen LogP contribution < -0.4 is 0 Å². The fourth-order valence-corrected chi connectivity index (χ4v) is 4.27. The molecule has 0 aliphatic rings. The van der Waals surface area contributed by atoms with Crippen LogP contribution in [0.4, 0.5) is 0 Å². The highest BCUT2D eigenvalue weighted by molar-refractivity contribution is 6.05. The average Bonchev–Trinajstić information content (AvgIpc) is 3.22. The van der Waals surface area contributed by atoms with E-state index in [1.165, 1.54) is 0 Å². The molecule has 0 unspecified atom stereocenters. The first-order valence-corrected chi connectivity index (χ1v) is 10.7. The molecule has 2 aromatic heterocycles. The van der Waals surface area contributed by atoms with E-state index in [2.05, 4.69) is 66.7 Å². The molecule has 32 heavy (non-hydrogen) atoms. The summed E-state index contributed by atoms with van der Waals surface area (Å²) in [6.45, 7) is 2.01. The van der Waals surface area contributed by atoms with Gasteiger partial charge in [-0.2, -0.15) is 0 Å². The van der Waals surface area contributed by atoms with Crippen molar-refractivity contribution in [3.8, 4) is 33.8 Å². The number of hydrogen-bond donors (Lipinski definition) is 0. The molecule has 0 aliphatic heterocycles. The van der Waals surface area contributed by atoms with Gasteiger partial charge in [0.05, 0.1) is 5.69 Å². The summed E-state index contributed by atoms with van der Waals surface area (Å²) in [5, 5.41) is 2.25. The van der Waals surface area contributed by atoms with Gasteiger partial charge < -0.3 is 4.42 Å². The Labute approximate surface area is 186 Å². The Balaban J connectivity index is 1.50. The van der Waals surface area contributed by atoms with Crippen molar-refractivity contribution in [3.63, 3.8) is 0 Å². The molecule has 0 spiro atoms. The smallest absolute Gasteiger partial charge is 0.160 e. The van der Waals surface area contributed by atoms with Crippen molar-refractivity contribution < 1.29 is 4.42 Å². The Morgan fingerprint density at radius 1 is 0.562 bits per heavy atom. The normalized spacial score (nSPS) is 11.3. The highest BCUT2D eigenvalue weighted by Gasteiger charge is 2.13. The van der Waals surface area contributed by atoms with E-state index < -0.39 is 0 Å². The molecule has 3 nitrogen and oxygen atoms in total. The second-order valence-corrected chi connectivity index (χ2v) is 7.94. The lowest BCUT2D eigenvalue weighted by Crippen LogP contribution is -1.96. The lowest BCUT2D eigenvalue weighted by Gasteiger charge is -2.11. The van der Waals surface area contributed by atoms with Crippen LogP contribution in [-0.2, 0) is 0 Å². The SMILES string of the molecule is Cc1cc(-c2ccc3c(c2)oc2ccccc23)nc(-c2ccccc2-c2ccccc2)n1. The van der Waals surface area contributed by atoms with Crippen molar-refractivity contribution >= 4 is 21.9 Å². The molecule has 6 rings (SSSR count). The Morgan fingerprint density at radius 3 is 2.16 bits per heavy atom. The quantitative estimate of drug-likeness (QED) is 0.299. The molecular formula is C29H20N2O. The molecule has 0 fully saturated rings. The van der Waals surface area contributed by atoms with Crippen LogP contribution in [0, 0.1) is 6.92 Å². The van der Waals surface area contributed by atoms with Crippen molar-refractivity contribution in [2.45, 2.75) is 6.92 Å². The molecule has 2 heterocycles. The predicted octanol–water partition coefficient (Wildman–Crippen LogP) is 7.69. The van der Waals surface area contributed by atoms with Gasteiger partial charge in [-0.15, -0.1) is 0 Å². The van der Waals surface area contributed by atoms with Crippen LogP contribution >= 0.6 is 0 Å². The van der Waals surface area contributed by atoms with E-state index in [4.69, 9.17) is 14.4 Å². The molecular weight excluding hydrogens is 392 g/mol. The highest BCUT2D eigenvalue weighted by Crippen LogP contribution is 2.34. The molecule has 152 valence electrons. The van der Waals surface area contributed by atoms with Gasteiger partial charge >= 0.3 is 0 Å². The Bertz CT molecular complexity index is 1580. The van der Waals surface area contributed by atoms with Gasteiger partial charge in [0.2, 0.25) is 0 Å². The first-order chi connectivity index (χ1) is 15.8. The Kier molecular flexibility index (Phi) is 4.32. The van der Waals surface area contributed by atoms with Crippen LogP contribution in [0.2, 0.25) is 0 Å². The van der Waals surface area contributed by atoms with Gasteiger partial charge in [-0.3, -0.25) is 0 Å². The number of fused-ring (bicyclic) bond motifs is 3. The van der Waals surface area contributed by atoms with Crippen molar-refractivity contribution in [2.24, 2.45) is 0 Å². The van der Waals surface area contributed by atoms with Crippen LogP contribution in [-0.4, -0.2) is 9.97 Å². The number of hydrogen-bond acceptors (Lipinski definition) is 3. The second kappa shape index (κ2) is 7.47. The largest absolute Gasteiger partial charge is 0.456 e. The molecule has 0 aliphatic carbocycles. The van der Waals surface area contributed by atoms with E-state index in [0.29, 0.717) is 0 Å². The lowest BCUT2D eigenvalue weighted by molar-refractivity contribution is 0.669. The second-order valence-electron chi connectivity index (χ2n) is 7.94. The molecule has 0 atom stereocenters. The number of furan rings is 1. The summed E-state index contributed by atoms with van der Waals surface area (Å²) in [7, 11) is 0.